The molecule has 1 heterocycles. The second-order valence-corrected chi connectivity index (χ2v) is 4.78. The molecule has 5 heteroatoms. The van der Waals surface area contributed by atoms with Crippen molar-refractivity contribution in [3.8, 4) is 0 Å². The number of nitrogens with zero attached hydrogens (tertiary/aromatic N) is 2. The van der Waals surface area contributed by atoms with Gasteiger partial charge < -0.3 is 0 Å². The zero-order valence-corrected chi connectivity index (χ0v) is 10.3. The lowest BCUT2D eigenvalue weighted by atomic mass is 9.94. The highest BCUT2D eigenvalue weighted by Gasteiger charge is 2.51. The highest BCUT2D eigenvalue weighted by atomic mass is 35.5. The molecule has 0 aromatic carbocycles. The molecule has 1 fully saturated rings. The molecule has 14 heavy (non-hydrogen) atoms. The summed E-state index contributed by atoms with van der Waals surface area (Å²) >= 11 is 12.1. The fourth-order valence-corrected chi connectivity index (χ4v) is 2.47. The van der Waals surface area contributed by atoms with Crippen LogP contribution in [0.2, 0.25) is 0 Å². The lowest BCUT2D eigenvalue weighted by Crippen LogP contribution is -2.43. The van der Waals surface area contributed by atoms with Gasteiger partial charge in [0.2, 0.25) is 0 Å². The van der Waals surface area contributed by atoms with E-state index < -0.39 is 4.87 Å². The van der Waals surface area contributed by atoms with Crippen molar-refractivity contribution in [2.24, 2.45) is 5.92 Å². The van der Waals surface area contributed by atoms with Gasteiger partial charge in [-0.2, -0.15) is 0 Å². The number of alkyl halides is 2. The van der Waals surface area contributed by atoms with Crippen LogP contribution in [0.1, 0.15) is 13.3 Å². The summed E-state index contributed by atoms with van der Waals surface area (Å²) in [5.41, 5.74) is 0. The van der Waals surface area contributed by atoms with E-state index in [2.05, 4.69) is 0 Å². The molecule has 0 aromatic rings. The van der Waals surface area contributed by atoms with Gasteiger partial charge in [-0.1, -0.05) is 6.92 Å². The summed E-state index contributed by atoms with van der Waals surface area (Å²) in [6.07, 6.45) is 0.620. The molecule has 1 aliphatic rings. The van der Waals surface area contributed by atoms with Crippen LogP contribution in [0.15, 0.2) is 0 Å². The van der Waals surface area contributed by atoms with E-state index >= 15 is 0 Å². The van der Waals surface area contributed by atoms with Crippen LogP contribution < -0.4 is 0 Å². The standard InChI is InChI=1S/C9H16Cl2N2O/c1-4-9(11)7(5-10)6-13(8(9)14)12(2)3/h7H,4-6H2,1-3H3. The first-order valence-electron chi connectivity index (χ1n) is 4.71. The SMILES string of the molecule is CCC1(Cl)C(=O)N(N(C)C)CC1CCl. The van der Waals surface area contributed by atoms with E-state index in [1.54, 1.807) is 10.0 Å². The summed E-state index contributed by atoms with van der Waals surface area (Å²) in [7, 11) is 3.67. The van der Waals surface area contributed by atoms with Gasteiger partial charge in [0.25, 0.3) is 5.91 Å². The molecule has 1 aliphatic heterocycles. The molecule has 1 rings (SSSR count). The second kappa shape index (κ2) is 4.25. The minimum absolute atomic E-state index is 0.0303. The van der Waals surface area contributed by atoms with Crippen LogP contribution in [-0.4, -0.2) is 47.3 Å². The van der Waals surface area contributed by atoms with Gasteiger partial charge in [-0.3, -0.25) is 9.80 Å². The Kier molecular flexibility index (Phi) is 3.67. The lowest BCUT2D eigenvalue weighted by Gasteiger charge is -2.25. The highest BCUT2D eigenvalue weighted by Crippen LogP contribution is 2.38. The van der Waals surface area contributed by atoms with E-state index in [1.165, 1.54) is 0 Å². The maximum atomic E-state index is 12.0. The van der Waals surface area contributed by atoms with Crippen molar-refractivity contribution in [2.75, 3.05) is 26.5 Å². The number of halogens is 2. The second-order valence-electron chi connectivity index (χ2n) is 3.80. The largest absolute Gasteiger partial charge is 0.274 e. The average molecular weight is 239 g/mol. The third-order valence-corrected chi connectivity index (χ3v) is 3.92. The molecule has 0 aliphatic carbocycles. The fourth-order valence-electron chi connectivity index (χ4n) is 1.78. The fraction of sp³-hybridized carbons (Fsp3) is 0.889. The summed E-state index contributed by atoms with van der Waals surface area (Å²) in [6, 6.07) is 0. The smallest absolute Gasteiger partial charge is 0.258 e. The Morgan fingerprint density at radius 2 is 2.21 bits per heavy atom. The van der Waals surface area contributed by atoms with Gasteiger partial charge in [-0.25, -0.2) is 5.01 Å². The highest BCUT2D eigenvalue weighted by molar-refractivity contribution is 6.36. The third kappa shape index (κ3) is 1.73. The van der Waals surface area contributed by atoms with Crippen LogP contribution in [0.25, 0.3) is 0 Å². The van der Waals surface area contributed by atoms with Gasteiger partial charge in [-0.05, 0) is 6.42 Å². The van der Waals surface area contributed by atoms with E-state index in [0.29, 0.717) is 18.8 Å². The van der Waals surface area contributed by atoms with Crippen molar-refractivity contribution in [3.63, 3.8) is 0 Å². The Bertz CT molecular complexity index is 235. The van der Waals surface area contributed by atoms with Crippen LogP contribution in [0.4, 0.5) is 0 Å². The molecule has 1 amide bonds. The molecule has 0 bridgehead atoms. The zero-order chi connectivity index (χ0) is 10.9. The summed E-state index contributed by atoms with van der Waals surface area (Å²) in [4.78, 5) is 11.2. The van der Waals surface area contributed by atoms with Crippen molar-refractivity contribution < 1.29 is 4.79 Å². The molecule has 3 nitrogen and oxygen atoms in total. The van der Waals surface area contributed by atoms with E-state index in [0.717, 1.165) is 0 Å². The average Bonchev–Trinajstić information content (AvgIpc) is 2.41. The summed E-state index contributed by atoms with van der Waals surface area (Å²) in [5.74, 6) is 0.427. The summed E-state index contributed by atoms with van der Waals surface area (Å²) in [6.45, 7) is 2.54. The van der Waals surface area contributed by atoms with Crippen LogP contribution in [0.3, 0.4) is 0 Å². The Morgan fingerprint density at radius 3 is 2.50 bits per heavy atom. The Hall–Kier alpha value is 0.01000. The van der Waals surface area contributed by atoms with Gasteiger partial charge in [0.15, 0.2) is 0 Å². The van der Waals surface area contributed by atoms with Crippen LogP contribution in [0, 0.1) is 5.92 Å². The zero-order valence-electron chi connectivity index (χ0n) is 8.76. The van der Waals surface area contributed by atoms with Crippen molar-refractivity contribution in [1.82, 2.24) is 10.0 Å². The van der Waals surface area contributed by atoms with Gasteiger partial charge in [0, 0.05) is 32.4 Å². The first kappa shape index (κ1) is 12.1. The number of hydrogen-bond acceptors (Lipinski definition) is 2. The Balaban J connectivity index is 2.91. The molecule has 0 spiro atoms. The monoisotopic (exact) mass is 238 g/mol. The number of hydrogen-bond donors (Lipinski definition) is 0. The normalized spacial score (nSPS) is 33.1. The van der Waals surface area contributed by atoms with E-state index in [9.17, 15) is 4.79 Å². The number of amides is 1. The number of carbonyl (C=O) groups excluding carboxylic acids is 1. The van der Waals surface area contributed by atoms with Crippen molar-refractivity contribution in [1.29, 1.82) is 0 Å². The summed E-state index contributed by atoms with van der Waals surface area (Å²) in [5, 5.41) is 3.42. The van der Waals surface area contributed by atoms with E-state index in [-0.39, 0.29) is 11.8 Å². The predicted molar refractivity (Wildman–Crippen MR) is 58.5 cm³/mol. The number of rotatable bonds is 3. The van der Waals surface area contributed by atoms with Gasteiger partial charge in [0.1, 0.15) is 4.87 Å². The molecule has 2 unspecified atom stereocenters. The van der Waals surface area contributed by atoms with E-state index in [4.69, 9.17) is 23.2 Å². The van der Waals surface area contributed by atoms with Crippen LogP contribution >= 0.6 is 23.2 Å². The number of carbonyl (C=O) groups is 1. The summed E-state index contributed by atoms with van der Waals surface area (Å²) < 4.78 is 0. The van der Waals surface area contributed by atoms with Crippen molar-refractivity contribution >= 4 is 29.1 Å². The topological polar surface area (TPSA) is 23.6 Å². The Labute approximate surface area is 94.9 Å². The third-order valence-electron chi connectivity index (χ3n) is 2.81. The molecular weight excluding hydrogens is 223 g/mol. The van der Waals surface area contributed by atoms with Gasteiger partial charge >= 0.3 is 0 Å². The van der Waals surface area contributed by atoms with Gasteiger partial charge in [-0.15, -0.1) is 23.2 Å². The molecule has 0 aromatic heterocycles. The lowest BCUT2D eigenvalue weighted by molar-refractivity contribution is -0.141. The molecule has 1 saturated heterocycles. The maximum Gasteiger partial charge on any atom is 0.258 e. The quantitative estimate of drug-likeness (QED) is 0.697. The predicted octanol–water partition coefficient (Wildman–Crippen LogP) is 1.55. The van der Waals surface area contributed by atoms with E-state index in [1.807, 2.05) is 21.0 Å². The van der Waals surface area contributed by atoms with Gasteiger partial charge in [0.05, 0.1) is 0 Å². The molecule has 2 atom stereocenters. The molecule has 0 saturated carbocycles. The molecule has 0 radical (unpaired) electrons. The Morgan fingerprint density at radius 1 is 1.64 bits per heavy atom. The van der Waals surface area contributed by atoms with Crippen LogP contribution in [-0.2, 0) is 4.79 Å². The minimum Gasteiger partial charge on any atom is -0.274 e. The van der Waals surface area contributed by atoms with Crippen molar-refractivity contribution in [3.05, 3.63) is 0 Å². The maximum absolute atomic E-state index is 12.0. The first-order chi connectivity index (χ1) is 6.47. The van der Waals surface area contributed by atoms with Crippen molar-refractivity contribution in [2.45, 2.75) is 18.2 Å². The minimum atomic E-state index is -0.800. The number of hydrazine groups is 1. The molecule has 0 N–H and O–H groups in total. The molecule has 82 valence electrons. The molecular formula is C9H16Cl2N2O. The van der Waals surface area contributed by atoms with Crippen LogP contribution in [0.5, 0.6) is 0 Å². The first-order valence-corrected chi connectivity index (χ1v) is 5.62.